The first-order valence-electron chi connectivity index (χ1n) is 9.45. The lowest BCUT2D eigenvalue weighted by molar-refractivity contribution is 0.0475. The smallest absolute Gasteiger partial charge is 0.339 e. The molecule has 148 valence electrons. The normalized spacial score (nSPS) is 12.5. The summed E-state index contributed by atoms with van der Waals surface area (Å²) >= 11 is 0. The standard InChI is InChI=1S/C23H21NO5/c1-27-20-11-10-14(12-21(20)28-2)19(25)13-29-23(26)22-15-6-3-4-8-17(15)24-18-9-5-7-16(18)22/h3-4,6,8,10-12H,5,7,9,13H2,1-2H3. The number of aryl methyl sites for hydroxylation is 1. The average Bonchev–Trinajstić information content (AvgIpc) is 3.22. The van der Waals surface area contributed by atoms with Gasteiger partial charge in [-0.2, -0.15) is 0 Å². The Balaban J connectivity index is 1.57. The third kappa shape index (κ3) is 3.53. The topological polar surface area (TPSA) is 74.7 Å². The Kier molecular flexibility index (Phi) is 5.16. The summed E-state index contributed by atoms with van der Waals surface area (Å²) < 4.78 is 15.8. The number of para-hydroxylation sites is 1. The SMILES string of the molecule is COc1ccc(C(=O)COC(=O)c2c3c(nc4ccccc24)CCC3)cc1OC. The fourth-order valence-electron chi connectivity index (χ4n) is 3.74. The molecule has 1 aliphatic rings. The van der Waals surface area contributed by atoms with E-state index in [-0.39, 0.29) is 12.4 Å². The first kappa shape index (κ1) is 18.9. The van der Waals surface area contributed by atoms with Crippen molar-refractivity contribution in [3.8, 4) is 11.5 Å². The molecule has 0 atom stereocenters. The van der Waals surface area contributed by atoms with Crippen LogP contribution < -0.4 is 9.47 Å². The first-order valence-corrected chi connectivity index (χ1v) is 9.45. The molecular weight excluding hydrogens is 370 g/mol. The van der Waals surface area contributed by atoms with E-state index in [1.165, 1.54) is 14.2 Å². The highest BCUT2D eigenvalue weighted by atomic mass is 16.5. The molecule has 3 aromatic rings. The number of nitrogens with zero attached hydrogens (tertiary/aromatic N) is 1. The molecule has 0 radical (unpaired) electrons. The van der Waals surface area contributed by atoms with Gasteiger partial charge in [-0.05, 0) is 49.1 Å². The Morgan fingerprint density at radius 2 is 1.79 bits per heavy atom. The van der Waals surface area contributed by atoms with E-state index in [1.54, 1.807) is 18.2 Å². The summed E-state index contributed by atoms with van der Waals surface area (Å²) in [6.07, 6.45) is 2.61. The number of carbonyl (C=O) groups is 2. The van der Waals surface area contributed by atoms with Crippen molar-refractivity contribution in [2.75, 3.05) is 20.8 Å². The molecular formula is C23H21NO5. The van der Waals surface area contributed by atoms with Crippen LogP contribution in [0.1, 0.15) is 38.4 Å². The minimum absolute atomic E-state index is 0.311. The second-order valence-corrected chi connectivity index (χ2v) is 6.85. The highest BCUT2D eigenvalue weighted by Gasteiger charge is 2.25. The van der Waals surface area contributed by atoms with E-state index >= 15 is 0 Å². The van der Waals surface area contributed by atoms with E-state index in [2.05, 4.69) is 4.98 Å². The van der Waals surface area contributed by atoms with Crippen molar-refractivity contribution in [1.82, 2.24) is 4.98 Å². The van der Waals surface area contributed by atoms with E-state index in [4.69, 9.17) is 14.2 Å². The maximum absolute atomic E-state index is 12.9. The number of ketones is 1. The van der Waals surface area contributed by atoms with Gasteiger partial charge in [0.25, 0.3) is 0 Å². The number of fused-ring (bicyclic) bond motifs is 2. The highest BCUT2D eigenvalue weighted by molar-refractivity contribution is 6.06. The number of aromatic nitrogens is 1. The molecule has 1 aliphatic carbocycles. The lowest BCUT2D eigenvalue weighted by Crippen LogP contribution is -2.16. The van der Waals surface area contributed by atoms with Crippen LogP contribution in [0.3, 0.4) is 0 Å². The van der Waals surface area contributed by atoms with Gasteiger partial charge in [-0.15, -0.1) is 0 Å². The molecule has 0 bridgehead atoms. The van der Waals surface area contributed by atoms with Gasteiger partial charge in [-0.1, -0.05) is 18.2 Å². The second-order valence-electron chi connectivity index (χ2n) is 6.85. The van der Waals surface area contributed by atoms with Crippen LogP contribution in [0, 0.1) is 0 Å². The largest absolute Gasteiger partial charge is 0.493 e. The number of hydrogen-bond donors (Lipinski definition) is 0. The Bertz CT molecular complexity index is 1110. The Morgan fingerprint density at radius 3 is 2.59 bits per heavy atom. The van der Waals surface area contributed by atoms with Crippen LogP contribution in [0.2, 0.25) is 0 Å². The lowest BCUT2D eigenvalue weighted by atomic mass is 10.0. The van der Waals surface area contributed by atoms with Crippen LogP contribution >= 0.6 is 0 Å². The maximum atomic E-state index is 12.9. The van der Waals surface area contributed by atoms with Gasteiger partial charge in [0.15, 0.2) is 23.9 Å². The van der Waals surface area contributed by atoms with Gasteiger partial charge in [0.1, 0.15) is 0 Å². The number of carbonyl (C=O) groups excluding carboxylic acids is 2. The van der Waals surface area contributed by atoms with Crippen LogP contribution in [0.5, 0.6) is 11.5 Å². The monoisotopic (exact) mass is 391 g/mol. The number of Topliss-reactive ketones (excluding diaryl/α,β-unsaturated/α-hetero) is 1. The first-order chi connectivity index (χ1) is 14.1. The van der Waals surface area contributed by atoms with E-state index < -0.39 is 5.97 Å². The zero-order valence-corrected chi connectivity index (χ0v) is 16.4. The lowest BCUT2D eigenvalue weighted by Gasteiger charge is -2.12. The van der Waals surface area contributed by atoms with Gasteiger partial charge in [0.05, 0.1) is 25.3 Å². The molecule has 0 unspecified atom stereocenters. The van der Waals surface area contributed by atoms with Gasteiger partial charge >= 0.3 is 5.97 Å². The van der Waals surface area contributed by atoms with Gasteiger partial charge in [-0.3, -0.25) is 9.78 Å². The van der Waals surface area contributed by atoms with Crippen LogP contribution in [0.15, 0.2) is 42.5 Å². The van der Waals surface area contributed by atoms with Crippen LogP contribution in [0.25, 0.3) is 10.9 Å². The Morgan fingerprint density at radius 1 is 1.00 bits per heavy atom. The molecule has 0 saturated heterocycles. The molecule has 1 heterocycles. The molecule has 6 nitrogen and oxygen atoms in total. The van der Waals surface area contributed by atoms with Crippen LogP contribution in [-0.2, 0) is 17.6 Å². The number of pyridine rings is 1. The third-order valence-corrected chi connectivity index (χ3v) is 5.16. The fourth-order valence-corrected chi connectivity index (χ4v) is 3.74. The number of ether oxygens (including phenoxy) is 3. The number of rotatable bonds is 6. The van der Waals surface area contributed by atoms with Crippen molar-refractivity contribution < 1.29 is 23.8 Å². The summed E-state index contributed by atoms with van der Waals surface area (Å²) in [5, 5.41) is 0.761. The Hall–Kier alpha value is -3.41. The summed E-state index contributed by atoms with van der Waals surface area (Å²) in [5.41, 5.74) is 3.57. The molecule has 29 heavy (non-hydrogen) atoms. The fraction of sp³-hybridized carbons (Fsp3) is 0.261. The van der Waals surface area contributed by atoms with E-state index in [0.717, 1.165) is 41.4 Å². The third-order valence-electron chi connectivity index (χ3n) is 5.16. The van der Waals surface area contributed by atoms with Crippen molar-refractivity contribution in [3.63, 3.8) is 0 Å². The summed E-state index contributed by atoms with van der Waals surface area (Å²) in [6, 6.07) is 12.4. The predicted octanol–water partition coefficient (Wildman–Crippen LogP) is 3.78. The maximum Gasteiger partial charge on any atom is 0.339 e. The van der Waals surface area contributed by atoms with Crippen molar-refractivity contribution in [1.29, 1.82) is 0 Å². The van der Waals surface area contributed by atoms with Crippen LogP contribution in [-0.4, -0.2) is 37.6 Å². The number of hydrogen-bond acceptors (Lipinski definition) is 6. The predicted molar refractivity (Wildman–Crippen MR) is 108 cm³/mol. The van der Waals surface area contributed by atoms with E-state index in [9.17, 15) is 9.59 Å². The van der Waals surface area contributed by atoms with Crippen molar-refractivity contribution >= 4 is 22.7 Å². The second kappa shape index (κ2) is 7.91. The van der Waals surface area contributed by atoms with Gasteiger partial charge in [-0.25, -0.2) is 4.79 Å². The summed E-state index contributed by atoms with van der Waals surface area (Å²) in [5.74, 6) is 0.173. The summed E-state index contributed by atoms with van der Waals surface area (Å²) in [7, 11) is 3.03. The number of esters is 1. The molecule has 0 fully saturated rings. The molecule has 0 amide bonds. The van der Waals surface area contributed by atoms with Crippen molar-refractivity contribution in [2.45, 2.75) is 19.3 Å². The highest BCUT2D eigenvalue weighted by Crippen LogP contribution is 2.31. The molecule has 0 N–H and O–H groups in total. The summed E-state index contributed by atoms with van der Waals surface area (Å²) in [6.45, 7) is -0.347. The number of methoxy groups -OCH3 is 2. The summed E-state index contributed by atoms with van der Waals surface area (Å²) in [4.78, 5) is 30.2. The molecule has 4 rings (SSSR count). The molecule has 0 saturated carbocycles. The van der Waals surface area contributed by atoms with Gasteiger partial charge in [0.2, 0.25) is 0 Å². The average molecular weight is 391 g/mol. The Labute approximate surface area is 168 Å². The van der Waals surface area contributed by atoms with Gasteiger partial charge in [0, 0.05) is 16.6 Å². The van der Waals surface area contributed by atoms with Crippen molar-refractivity contribution in [2.24, 2.45) is 0 Å². The molecule has 1 aromatic heterocycles. The van der Waals surface area contributed by atoms with Gasteiger partial charge < -0.3 is 14.2 Å². The van der Waals surface area contributed by atoms with Crippen LogP contribution in [0.4, 0.5) is 0 Å². The minimum atomic E-state index is -0.490. The number of benzene rings is 2. The molecule has 2 aromatic carbocycles. The molecule has 0 spiro atoms. The quantitative estimate of drug-likeness (QED) is 0.470. The zero-order valence-electron chi connectivity index (χ0n) is 16.4. The molecule has 0 aliphatic heterocycles. The van der Waals surface area contributed by atoms with Crippen molar-refractivity contribution in [3.05, 3.63) is 64.8 Å². The zero-order chi connectivity index (χ0) is 20.4. The minimum Gasteiger partial charge on any atom is -0.493 e. The van der Waals surface area contributed by atoms with E-state index in [1.807, 2.05) is 24.3 Å². The van der Waals surface area contributed by atoms with E-state index in [0.29, 0.717) is 22.6 Å². The molecule has 6 heteroatoms.